The summed E-state index contributed by atoms with van der Waals surface area (Å²) in [6.45, 7) is 3.08. The molecule has 0 amide bonds. The van der Waals surface area contributed by atoms with Crippen molar-refractivity contribution in [3.05, 3.63) is 28.8 Å². The zero-order valence-electron chi connectivity index (χ0n) is 23.0. The molecule has 5 heterocycles. The maximum absolute atomic E-state index is 12.0. The molecule has 3 N–H and O–H groups in total. The van der Waals surface area contributed by atoms with Crippen LogP contribution >= 0.6 is 12.6 Å². The maximum Gasteiger partial charge on any atom is 0.277 e. The Morgan fingerprint density at radius 3 is 2.54 bits per heavy atom. The highest BCUT2D eigenvalue weighted by molar-refractivity contribution is 7.80. The predicted octanol–water partition coefficient (Wildman–Crippen LogP) is 3.28. The number of fused-ring (bicyclic) bond motifs is 9. The summed E-state index contributed by atoms with van der Waals surface area (Å²) in [4.78, 5) is 0. The fraction of sp³-hybridized carbons (Fsp3) is 0.517. The molecule has 5 aliphatic heterocycles. The third-order valence-corrected chi connectivity index (χ3v) is 9.45. The Morgan fingerprint density at radius 1 is 1.10 bits per heavy atom. The van der Waals surface area contributed by atoms with E-state index in [1.165, 1.54) is 14.2 Å². The van der Waals surface area contributed by atoms with Crippen LogP contribution in [0.1, 0.15) is 22.8 Å². The van der Waals surface area contributed by atoms with E-state index >= 15 is 0 Å². The minimum atomic E-state index is -1.47. The highest BCUT2D eigenvalue weighted by Gasteiger charge is 2.93. The minimum Gasteiger partial charge on any atom is -0.507 e. The molecule has 0 aromatic heterocycles. The largest absolute Gasteiger partial charge is 0.507 e. The Hall–Kier alpha value is -2.71. The Labute approximate surface area is 240 Å². The van der Waals surface area contributed by atoms with Crippen LogP contribution in [0.4, 0.5) is 5.69 Å². The van der Waals surface area contributed by atoms with E-state index in [4.69, 9.17) is 37.9 Å². The van der Waals surface area contributed by atoms with Crippen LogP contribution in [0.2, 0.25) is 0 Å². The number of methoxy groups -OCH3 is 3. The van der Waals surface area contributed by atoms with Crippen LogP contribution < -0.4 is 14.8 Å². The average Bonchev–Trinajstić information content (AvgIpc) is 3.39. The van der Waals surface area contributed by atoms with E-state index in [9.17, 15) is 10.2 Å². The second kappa shape index (κ2) is 8.44. The van der Waals surface area contributed by atoms with Crippen molar-refractivity contribution in [3.63, 3.8) is 0 Å². The van der Waals surface area contributed by atoms with E-state index < -0.39 is 35.7 Å². The van der Waals surface area contributed by atoms with Crippen LogP contribution in [0.5, 0.6) is 23.0 Å². The number of thiol groups is 1. The van der Waals surface area contributed by atoms with E-state index in [-0.39, 0.29) is 24.7 Å². The van der Waals surface area contributed by atoms with Crippen LogP contribution in [-0.4, -0.2) is 86.6 Å². The molecule has 3 fully saturated rings. The topological polar surface area (TPSA) is 130 Å². The first-order valence-electron chi connectivity index (χ1n) is 13.6. The second-order valence-corrected chi connectivity index (χ2v) is 11.6. The van der Waals surface area contributed by atoms with E-state index in [0.29, 0.717) is 44.4 Å². The summed E-state index contributed by atoms with van der Waals surface area (Å²) in [5.74, 6) is -1.80. The number of aromatic hydroxyl groups is 2. The van der Waals surface area contributed by atoms with Gasteiger partial charge < -0.3 is 53.4 Å². The Bertz CT molecular complexity index is 1640. The van der Waals surface area contributed by atoms with Gasteiger partial charge in [0.2, 0.25) is 11.9 Å². The maximum atomic E-state index is 12.0. The van der Waals surface area contributed by atoms with Gasteiger partial charge in [-0.1, -0.05) is 0 Å². The number of nitrogens with one attached hydrogen (secondary N) is 1. The number of hydrogen-bond acceptors (Lipinski definition) is 12. The lowest BCUT2D eigenvalue weighted by Crippen LogP contribution is -2.70. The smallest absolute Gasteiger partial charge is 0.277 e. The van der Waals surface area contributed by atoms with Gasteiger partial charge in [-0.15, -0.1) is 0 Å². The summed E-state index contributed by atoms with van der Waals surface area (Å²) in [6.07, 6.45) is -1.57. The van der Waals surface area contributed by atoms with Gasteiger partial charge >= 0.3 is 0 Å². The third kappa shape index (κ3) is 2.82. The molecule has 3 aromatic carbocycles. The lowest BCUT2D eigenvalue weighted by Gasteiger charge is -2.49. The van der Waals surface area contributed by atoms with Crippen LogP contribution in [0, 0.1) is 6.92 Å². The van der Waals surface area contributed by atoms with Crippen molar-refractivity contribution >= 4 is 39.9 Å². The predicted molar refractivity (Wildman–Crippen MR) is 149 cm³/mol. The van der Waals surface area contributed by atoms with Crippen LogP contribution in [-0.2, 0) is 34.8 Å². The molecule has 0 saturated carbocycles. The number of phenols is 2. The van der Waals surface area contributed by atoms with E-state index in [2.05, 4.69) is 17.9 Å². The lowest BCUT2D eigenvalue weighted by atomic mass is 9.78. The monoisotopic (exact) mass is 585 g/mol. The van der Waals surface area contributed by atoms with Gasteiger partial charge in [0, 0.05) is 42.9 Å². The van der Waals surface area contributed by atoms with Crippen molar-refractivity contribution in [3.8, 4) is 23.0 Å². The van der Waals surface area contributed by atoms with Crippen molar-refractivity contribution in [2.24, 2.45) is 0 Å². The number of benzene rings is 3. The van der Waals surface area contributed by atoms with Gasteiger partial charge in [0.1, 0.15) is 23.4 Å². The van der Waals surface area contributed by atoms with Gasteiger partial charge in [-0.25, -0.2) is 0 Å². The summed E-state index contributed by atoms with van der Waals surface area (Å²) in [5.41, 5.74) is 2.05. The second-order valence-electron chi connectivity index (χ2n) is 11.1. The number of hydrogen-bond donors (Lipinski definition) is 4. The quantitative estimate of drug-likeness (QED) is 0.107. The fourth-order valence-electron chi connectivity index (χ4n) is 7.58. The molecule has 12 heteroatoms. The number of ether oxygens (including phenoxy) is 8. The molecule has 3 saturated heterocycles. The highest BCUT2D eigenvalue weighted by atomic mass is 32.1. The molecule has 5 aliphatic rings. The summed E-state index contributed by atoms with van der Waals surface area (Å²) < 4.78 is 49.9. The Morgan fingerprint density at radius 2 is 1.85 bits per heavy atom. The molecule has 3 aromatic rings. The molecule has 5 atom stereocenters. The third-order valence-electron chi connectivity index (χ3n) is 9.27. The molecule has 41 heavy (non-hydrogen) atoms. The van der Waals surface area contributed by atoms with Crippen molar-refractivity contribution in [1.29, 1.82) is 0 Å². The normalized spacial score (nSPS) is 32.0. The first kappa shape index (κ1) is 26.0. The number of epoxide rings is 1. The first-order chi connectivity index (χ1) is 19.8. The molecule has 0 radical (unpaired) electrons. The van der Waals surface area contributed by atoms with Crippen LogP contribution in [0.3, 0.4) is 0 Å². The number of rotatable bonds is 7. The van der Waals surface area contributed by atoms with E-state index in [0.717, 1.165) is 29.8 Å². The van der Waals surface area contributed by atoms with Crippen LogP contribution in [0.15, 0.2) is 12.1 Å². The van der Waals surface area contributed by atoms with Gasteiger partial charge in [-0.2, -0.15) is 12.6 Å². The molecule has 8 rings (SSSR count). The zero-order chi connectivity index (χ0) is 28.5. The summed E-state index contributed by atoms with van der Waals surface area (Å²) in [7, 11) is 4.56. The molecule has 0 aliphatic carbocycles. The SMILES string of the molecule is COc1c2c(cc3c(O)c4cc(C)c5c(c4c(O)c13)O[C@]1(OCCS)C3OC(C(OC)OC)(OC53)[C@]13CO3)CCN2. The molecule has 3 unspecified atom stereocenters. The number of anilines is 1. The zero-order valence-corrected chi connectivity index (χ0v) is 23.9. The van der Waals surface area contributed by atoms with Crippen LogP contribution in [0.25, 0.3) is 21.5 Å². The van der Waals surface area contributed by atoms with E-state index in [1.807, 2.05) is 19.1 Å². The van der Waals surface area contributed by atoms with Gasteiger partial charge in [-0.3, -0.25) is 0 Å². The summed E-state index contributed by atoms with van der Waals surface area (Å²) in [5, 5.41) is 28.6. The highest BCUT2D eigenvalue weighted by Crippen LogP contribution is 2.72. The fourth-order valence-corrected chi connectivity index (χ4v) is 7.68. The van der Waals surface area contributed by atoms with Crippen molar-refractivity contribution < 1.29 is 48.1 Å². The summed E-state index contributed by atoms with van der Waals surface area (Å²) >= 11 is 4.37. The van der Waals surface area contributed by atoms with Gasteiger partial charge in [-0.05, 0) is 36.6 Å². The lowest BCUT2D eigenvalue weighted by molar-refractivity contribution is -0.349. The van der Waals surface area contributed by atoms with Gasteiger partial charge in [0.05, 0.1) is 36.8 Å². The number of phenolic OH excluding ortho intramolecular Hbond substituents is 2. The van der Waals surface area contributed by atoms with Crippen molar-refractivity contribution in [2.45, 2.75) is 49.0 Å². The minimum absolute atomic E-state index is 0.0190. The van der Waals surface area contributed by atoms with Gasteiger partial charge in [0.25, 0.3) is 11.6 Å². The van der Waals surface area contributed by atoms with Crippen molar-refractivity contribution in [2.75, 3.05) is 52.2 Å². The molecule has 1 spiro atoms. The average molecular weight is 586 g/mol. The summed E-state index contributed by atoms with van der Waals surface area (Å²) in [6, 6.07) is 3.74. The molecule has 218 valence electrons. The number of aryl methyl sites for hydroxylation is 1. The first-order valence-corrected chi connectivity index (χ1v) is 14.2. The molecule has 11 nitrogen and oxygen atoms in total. The Kier molecular flexibility index (Phi) is 5.34. The molecule has 2 bridgehead atoms. The molecular weight excluding hydrogens is 554 g/mol. The van der Waals surface area contributed by atoms with Gasteiger partial charge in [0.15, 0.2) is 11.9 Å². The standard InChI is InChI=1S/C29H31NO10S/c1-12-9-14-17(21(32)18-15(20(14)31)10-13-5-6-30-19(13)23(18)33-2)22-16(12)24-25-28(38-22,36-7-8-41)27(11-37-27)29(39-24,40-25)26(34-3)35-4/h9-10,24-26,30-32,41H,5-8,11H2,1-4H3/t24?,25?,27-,28+,29?/m0/s1. The van der Waals surface area contributed by atoms with E-state index in [1.54, 1.807) is 7.11 Å². The Balaban J connectivity index is 1.44. The molecular formula is C29H31NO10S. The van der Waals surface area contributed by atoms with Crippen molar-refractivity contribution in [1.82, 2.24) is 0 Å².